The van der Waals surface area contributed by atoms with E-state index in [1.807, 2.05) is 7.05 Å². The fourth-order valence-corrected chi connectivity index (χ4v) is 2.80. The van der Waals surface area contributed by atoms with Crippen molar-refractivity contribution in [3.63, 3.8) is 0 Å². The molecular weight excluding hydrogens is 204 g/mol. The Labute approximate surface area is 97.2 Å². The molecule has 1 N–H and O–H groups in total. The Morgan fingerprint density at radius 2 is 1.81 bits per heavy atom. The van der Waals surface area contributed by atoms with Crippen LogP contribution in [0.4, 0.5) is 0 Å². The number of aliphatic hydroxyl groups is 1. The number of hydrogen-bond donors (Lipinski definition) is 1. The lowest BCUT2D eigenvalue weighted by Gasteiger charge is -2.44. The summed E-state index contributed by atoms with van der Waals surface area (Å²) in [5.41, 5.74) is -0.752. The molecule has 4 nitrogen and oxygen atoms in total. The minimum Gasteiger partial charge on any atom is -0.389 e. The summed E-state index contributed by atoms with van der Waals surface area (Å²) in [4.78, 5) is 16.3. The lowest BCUT2D eigenvalue weighted by Crippen LogP contribution is -2.55. The van der Waals surface area contributed by atoms with Crippen LogP contribution in [0.1, 0.15) is 19.3 Å². The Morgan fingerprint density at radius 1 is 1.19 bits per heavy atom. The monoisotopic (exact) mass is 226 g/mol. The van der Waals surface area contributed by atoms with Crippen molar-refractivity contribution in [2.45, 2.75) is 24.9 Å². The molecule has 16 heavy (non-hydrogen) atoms. The molecule has 1 unspecified atom stereocenters. The van der Waals surface area contributed by atoms with Gasteiger partial charge in [-0.05, 0) is 26.9 Å². The number of rotatable bonds is 1. The van der Waals surface area contributed by atoms with E-state index in [1.165, 1.54) is 0 Å². The number of carbonyl (C=O) groups excluding carboxylic acids is 1. The lowest BCUT2D eigenvalue weighted by atomic mass is 9.75. The quantitative estimate of drug-likeness (QED) is 0.681. The zero-order chi connectivity index (χ0) is 11.8. The van der Waals surface area contributed by atoms with Crippen LogP contribution in [0, 0.1) is 5.92 Å². The highest BCUT2D eigenvalue weighted by Crippen LogP contribution is 2.33. The van der Waals surface area contributed by atoms with Gasteiger partial charge in [0.1, 0.15) is 5.78 Å². The Hall–Kier alpha value is -0.450. The maximum absolute atomic E-state index is 11.9. The van der Waals surface area contributed by atoms with Crippen molar-refractivity contribution in [3.8, 4) is 0 Å². The summed E-state index contributed by atoms with van der Waals surface area (Å²) in [6, 6.07) is 0. The molecule has 1 atom stereocenters. The van der Waals surface area contributed by atoms with E-state index < -0.39 is 5.60 Å². The van der Waals surface area contributed by atoms with Crippen LogP contribution in [0.15, 0.2) is 0 Å². The first-order valence-electron chi connectivity index (χ1n) is 6.13. The van der Waals surface area contributed by atoms with Crippen LogP contribution >= 0.6 is 0 Å². The van der Waals surface area contributed by atoms with Crippen LogP contribution in [-0.4, -0.2) is 66.6 Å². The summed E-state index contributed by atoms with van der Waals surface area (Å²) in [5, 5.41) is 10.6. The molecular formula is C12H22N2O2. The van der Waals surface area contributed by atoms with Crippen molar-refractivity contribution in [1.29, 1.82) is 0 Å². The molecule has 2 fully saturated rings. The predicted octanol–water partition coefficient (Wildman–Crippen LogP) is -0.0361. The number of Topliss-reactive ketones (excluding diaryl/α,β-unsaturated/α-hetero) is 1. The molecule has 0 aromatic carbocycles. The smallest absolute Gasteiger partial charge is 0.141 e. The highest BCUT2D eigenvalue weighted by molar-refractivity contribution is 5.83. The van der Waals surface area contributed by atoms with E-state index in [9.17, 15) is 9.90 Å². The van der Waals surface area contributed by atoms with Gasteiger partial charge in [-0.1, -0.05) is 0 Å². The van der Waals surface area contributed by atoms with Crippen LogP contribution in [0.25, 0.3) is 0 Å². The second-order valence-corrected chi connectivity index (χ2v) is 5.44. The van der Waals surface area contributed by atoms with Crippen LogP contribution in [0.5, 0.6) is 0 Å². The van der Waals surface area contributed by atoms with E-state index >= 15 is 0 Å². The molecule has 0 aliphatic carbocycles. The van der Waals surface area contributed by atoms with E-state index in [0.29, 0.717) is 6.42 Å². The first-order chi connectivity index (χ1) is 7.51. The van der Waals surface area contributed by atoms with Crippen molar-refractivity contribution in [2.75, 3.05) is 40.3 Å². The largest absolute Gasteiger partial charge is 0.389 e. The van der Waals surface area contributed by atoms with Crippen LogP contribution in [0.2, 0.25) is 0 Å². The van der Waals surface area contributed by atoms with Crippen LogP contribution in [0.3, 0.4) is 0 Å². The molecule has 2 saturated heterocycles. The summed E-state index contributed by atoms with van der Waals surface area (Å²) in [6.07, 6.45) is 2.06. The van der Waals surface area contributed by atoms with E-state index in [0.717, 1.165) is 39.0 Å². The molecule has 2 heterocycles. The number of carbonyl (C=O) groups is 1. The molecule has 2 aliphatic rings. The van der Waals surface area contributed by atoms with E-state index in [1.54, 1.807) is 0 Å². The number of hydrogen-bond acceptors (Lipinski definition) is 4. The molecule has 2 aliphatic heterocycles. The second kappa shape index (κ2) is 4.43. The van der Waals surface area contributed by atoms with Gasteiger partial charge < -0.3 is 14.9 Å². The van der Waals surface area contributed by atoms with Crippen molar-refractivity contribution in [1.82, 2.24) is 9.80 Å². The first kappa shape index (κ1) is 12.0. The van der Waals surface area contributed by atoms with Gasteiger partial charge in [0.05, 0.1) is 11.5 Å². The van der Waals surface area contributed by atoms with Crippen molar-refractivity contribution >= 4 is 5.78 Å². The standard InChI is InChI=1S/C12H22N2O2/c1-13-7-4-12(16,5-8-13)10-9-14(2)6-3-11(10)15/h10,16H,3-9H2,1-2H3. The minimum absolute atomic E-state index is 0.167. The Bertz CT molecular complexity index is 272. The molecule has 0 spiro atoms. The van der Waals surface area contributed by atoms with Crippen molar-refractivity contribution in [3.05, 3.63) is 0 Å². The lowest BCUT2D eigenvalue weighted by molar-refractivity contribution is -0.142. The summed E-state index contributed by atoms with van der Waals surface area (Å²) < 4.78 is 0. The third kappa shape index (κ3) is 2.29. The van der Waals surface area contributed by atoms with Gasteiger partial charge in [0, 0.05) is 32.6 Å². The average molecular weight is 226 g/mol. The van der Waals surface area contributed by atoms with Crippen molar-refractivity contribution in [2.24, 2.45) is 5.92 Å². The molecule has 92 valence electrons. The number of ketones is 1. The van der Waals surface area contributed by atoms with Gasteiger partial charge in [0.2, 0.25) is 0 Å². The predicted molar refractivity (Wildman–Crippen MR) is 62.3 cm³/mol. The molecule has 0 aromatic rings. The summed E-state index contributed by atoms with van der Waals surface area (Å²) in [5.74, 6) is 0.0881. The normalized spacial score (nSPS) is 32.9. The number of likely N-dealkylation sites (tertiary alicyclic amines) is 2. The van der Waals surface area contributed by atoms with Gasteiger partial charge in [-0.2, -0.15) is 0 Å². The molecule has 0 amide bonds. The highest BCUT2D eigenvalue weighted by atomic mass is 16.3. The topological polar surface area (TPSA) is 43.8 Å². The third-order valence-corrected chi connectivity index (χ3v) is 4.12. The van der Waals surface area contributed by atoms with Gasteiger partial charge in [-0.3, -0.25) is 4.79 Å². The number of piperidine rings is 2. The zero-order valence-electron chi connectivity index (χ0n) is 10.3. The summed E-state index contributed by atoms with van der Waals surface area (Å²) >= 11 is 0. The van der Waals surface area contributed by atoms with Gasteiger partial charge in [0.15, 0.2) is 0 Å². The van der Waals surface area contributed by atoms with E-state index in [2.05, 4.69) is 16.8 Å². The van der Waals surface area contributed by atoms with Crippen LogP contribution in [-0.2, 0) is 4.79 Å². The highest BCUT2D eigenvalue weighted by Gasteiger charge is 2.44. The van der Waals surface area contributed by atoms with E-state index in [4.69, 9.17) is 0 Å². The summed E-state index contributed by atoms with van der Waals surface area (Å²) in [7, 11) is 4.09. The second-order valence-electron chi connectivity index (χ2n) is 5.44. The fourth-order valence-electron chi connectivity index (χ4n) is 2.80. The first-order valence-corrected chi connectivity index (χ1v) is 6.13. The Balaban J connectivity index is 2.06. The van der Waals surface area contributed by atoms with Gasteiger partial charge in [-0.25, -0.2) is 0 Å². The van der Waals surface area contributed by atoms with Gasteiger partial charge in [0.25, 0.3) is 0 Å². The van der Waals surface area contributed by atoms with E-state index in [-0.39, 0.29) is 11.7 Å². The Kier molecular flexibility index (Phi) is 3.33. The maximum atomic E-state index is 11.9. The van der Waals surface area contributed by atoms with Gasteiger partial charge in [-0.15, -0.1) is 0 Å². The molecule has 4 heteroatoms. The SMILES string of the molecule is CN1CCC(O)(C2CN(C)CCC2=O)CC1. The molecule has 0 bridgehead atoms. The summed E-state index contributed by atoms with van der Waals surface area (Å²) in [6.45, 7) is 3.35. The number of nitrogens with zero attached hydrogens (tertiary/aromatic N) is 2. The Morgan fingerprint density at radius 3 is 2.44 bits per heavy atom. The molecule has 0 saturated carbocycles. The maximum Gasteiger partial charge on any atom is 0.141 e. The molecule has 2 rings (SSSR count). The average Bonchev–Trinajstić information content (AvgIpc) is 2.26. The minimum atomic E-state index is -0.752. The zero-order valence-corrected chi connectivity index (χ0v) is 10.3. The van der Waals surface area contributed by atoms with Gasteiger partial charge >= 0.3 is 0 Å². The molecule has 0 aromatic heterocycles. The van der Waals surface area contributed by atoms with Crippen LogP contribution < -0.4 is 0 Å². The van der Waals surface area contributed by atoms with Crippen molar-refractivity contribution < 1.29 is 9.90 Å². The fraction of sp³-hybridized carbons (Fsp3) is 0.917. The third-order valence-electron chi connectivity index (χ3n) is 4.12. The molecule has 0 radical (unpaired) electrons.